The number of amides is 1. The van der Waals surface area contributed by atoms with Crippen molar-refractivity contribution in [2.75, 3.05) is 33.8 Å². The van der Waals surface area contributed by atoms with Gasteiger partial charge < -0.3 is 33.8 Å². The van der Waals surface area contributed by atoms with Crippen molar-refractivity contribution in [3.8, 4) is 34.3 Å². The number of ether oxygens (including phenoxy) is 4. The summed E-state index contributed by atoms with van der Waals surface area (Å²) in [5.41, 5.74) is 1.52. The Kier molecular flexibility index (Phi) is 7.75. The molecule has 0 saturated carbocycles. The molecule has 0 bridgehead atoms. The summed E-state index contributed by atoms with van der Waals surface area (Å²) in [6.07, 6.45) is 0. The topological polar surface area (TPSA) is 111 Å². The summed E-state index contributed by atoms with van der Waals surface area (Å²) in [6, 6.07) is 11.8. The lowest BCUT2D eigenvalue weighted by molar-refractivity contribution is 0.0977. The van der Waals surface area contributed by atoms with E-state index < -0.39 is 5.91 Å². The fourth-order valence-corrected chi connectivity index (χ4v) is 3.32. The van der Waals surface area contributed by atoms with E-state index in [1.165, 1.54) is 40.6 Å². The number of methoxy groups -OCH3 is 4. The maximum absolute atomic E-state index is 12.8. The molecule has 3 aromatic rings. The van der Waals surface area contributed by atoms with E-state index in [1.54, 1.807) is 24.3 Å². The number of thiocarbonyl (C=S) groups is 1. The third-order valence-corrected chi connectivity index (χ3v) is 4.91. The van der Waals surface area contributed by atoms with Crippen LogP contribution in [-0.2, 0) is 6.61 Å². The number of aliphatic hydroxyl groups excluding tert-OH is 1. The first kappa shape index (κ1) is 23.9. The van der Waals surface area contributed by atoms with Crippen LogP contribution < -0.4 is 29.6 Å². The minimum Gasteiger partial charge on any atom is -0.495 e. The van der Waals surface area contributed by atoms with Crippen LogP contribution in [0.15, 0.2) is 46.9 Å². The molecule has 1 aromatic heterocycles. The fourth-order valence-electron chi connectivity index (χ4n) is 3.12. The molecule has 2 aromatic carbocycles. The lowest BCUT2D eigenvalue weighted by atomic mass is 10.1. The van der Waals surface area contributed by atoms with Gasteiger partial charge in [0.15, 0.2) is 16.6 Å². The molecule has 0 saturated heterocycles. The van der Waals surface area contributed by atoms with Gasteiger partial charge in [0, 0.05) is 11.1 Å². The summed E-state index contributed by atoms with van der Waals surface area (Å²) >= 11 is 5.33. The molecule has 10 heteroatoms. The largest absolute Gasteiger partial charge is 0.495 e. The van der Waals surface area contributed by atoms with Gasteiger partial charge in [-0.2, -0.15) is 0 Å². The van der Waals surface area contributed by atoms with Crippen molar-refractivity contribution in [2.24, 2.45) is 0 Å². The van der Waals surface area contributed by atoms with E-state index in [9.17, 15) is 9.90 Å². The highest BCUT2D eigenvalue weighted by atomic mass is 32.1. The number of nitrogens with one attached hydrogen (secondary N) is 2. The molecule has 0 fully saturated rings. The summed E-state index contributed by atoms with van der Waals surface area (Å²) in [5, 5.41) is 14.9. The molecule has 0 aliphatic carbocycles. The second-order valence-electron chi connectivity index (χ2n) is 6.66. The quantitative estimate of drug-likeness (QED) is 0.423. The van der Waals surface area contributed by atoms with Crippen LogP contribution in [0.25, 0.3) is 11.3 Å². The Morgan fingerprint density at radius 2 is 1.61 bits per heavy atom. The zero-order chi connectivity index (χ0) is 24.0. The molecule has 33 heavy (non-hydrogen) atoms. The van der Waals surface area contributed by atoms with Gasteiger partial charge in [-0.1, -0.05) is 0 Å². The summed E-state index contributed by atoms with van der Waals surface area (Å²) in [4.78, 5) is 12.8. The first-order valence-electron chi connectivity index (χ1n) is 9.74. The molecule has 1 heterocycles. The van der Waals surface area contributed by atoms with Gasteiger partial charge in [-0.05, 0) is 54.7 Å². The highest BCUT2D eigenvalue weighted by Gasteiger charge is 2.18. The van der Waals surface area contributed by atoms with Crippen molar-refractivity contribution >= 4 is 28.9 Å². The molecule has 0 unspecified atom stereocenters. The van der Waals surface area contributed by atoms with Gasteiger partial charge in [0.25, 0.3) is 5.91 Å². The normalized spacial score (nSPS) is 10.3. The van der Waals surface area contributed by atoms with E-state index in [1.807, 2.05) is 6.07 Å². The standard InChI is InChI=1S/C23H24N2O7S/c1-28-18-7-5-13(17-8-6-15(12-26)32-17)9-16(18)24-23(33)25-22(27)14-10-19(29-2)21(31-4)20(11-14)30-3/h5-11,26H,12H2,1-4H3,(H2,24,25,27,33). The minimum absolute atomic E-state index is 0.0553. The number of aliphatic hydroxyl groups is 1. The van der Waals surface area contributed by atoms with Crippen LogP contribution in [0.5, 0.6) is 23.0 Å². The minimum atomic E-state index is -0.472. The number of anilines is 1. The van der Waals surface area contributed by atoms with Crippen LogP contribution in [-0.4, -0.2) is 44.6 Å². The van der Waals surface area contributed by atoms with Crippen molar-refractivity contribution in [3.63, 3.8) is 0 Å². The number of furan rings is 1. The number of hydrogen-bond donors (Lipinski definition) is 3. The van der Waals surface area contributed by atoms with E-state index in [-0.39, 0.29) is 17.3 Å². The molecule has 0 aliphatic rings. The van der Waals surface area contributed by atoms with E-state index in [0.29, 0.717) is 40.2 Å². The van der Waals surface area contributed by atoms with Gasteiger partial charge in [0.1, 0.15) is 23.9 Å². The molecule has 0 spiro atoms. The van der Waals surface area contributed by atoms with Crippen molar-refractivity contribution < 1.29 is 33.3 Å². The third-order valence-electron chi connectivity index (χ3n) is 4.70. The Morgan fingerprint density at radius 1 is 0.939 bits per heavy atom. The predicted octanol–water partition coefficient (Wildman–Crippen LogP) is 3.60. The average molecular weight is 473 g/mol. The first-order chi connectivity index (χ1) is 15.9. The van der Waals surface area contributed by atoms with Gasteiger partial charge in [-0.3, -0.25) is 10.1 Å². The summed E-state index contributed by atoms with van der Waals surface area (Å²) in [7, 11) is 5.93. The molecule has 3 N–H and O–H groups in total. The lowest BCUT2D eigenvalue weighted by Gasteiger charge is -2.16. The Bertz CT molecular complexity index is 1130. The molecular weight excluding hydrogens is 448 g/mol. The predicted molar refractivity (Wildman–Crippen MR) is 126 cm³/mol. The van der Waals surface area contributed by atoms with Crippen LogP contribution >= 0.6 is 12.2 Å². The van der Waals surface area contributed by atoms with Crippen molar-refractivity contribution in [1.82, 2.24) is 5.32 Å². The Morgan fingerprint density at radius 3 is 2.15 bits per heavy atom. The number of carbonyl (C=O) groups excluding carboxylic acids is 1. The van der Waals surface area contributed by atoms with Crippen LogP contribution in [0.2, 0.25) is 0 Å². The highest BCUT2D eigenvalue weighted by molar-refractivity contribution is 7.80. The maximum atomic E-state index is 12.8. The zero-order valence-electron chi connectivity index (χ0n) is 18.6. The van der Waals surface area contributed by atoms with Crippen LogP contribution in [0.3, 0.4) is 0 Å². The molecule has 3 rings (SSSR count). The second-order valence-corrected chi connectivity index (χ2v) is 7.07. The van der Waals surface area contributed by atoms with Gasteiger partial charge in [0.05, 0.1) is 34.1 Å². The Hall–Kier alpha value is -3.76. The third kappa shape index (κ3) is 5.36. The number of benzene rings is 2. The average Bonchev–Trinajstić information content (AvgIpc) is 3.32. The number of carbonyl (C=O) groups is 1. The fraction of sp³-hybridized carbons (Fsp3) is 0.217. The van der Waals surface area contributed by atoms with E-state index in [4.69, 9.17) is 35.6 Å². The van der Waals surface area contributed by atoms with Gasteiger partial charge in [-0.15, -0.1) is 0 Å². The van der Waals surface area contributed by atoms with Crippen LogP contribution in [0.1, 0.15) is 16.1 Å². The number of hydrogen-bond acceptors (Lipinski definition) is 8. The molecule has 0 radical (unpaired) electrons. The van der Waals surface area contributed by atoms with Gasteiger partial charge >= 0.3 is 0 Å². The van der Waals surface area contributed by atoms with E-state index in [0.717, 1.165) is 5.56 Å². The smallest absolute Gasteiger partial charge is 0.257 e. The van der Waals surface area contributed by atoms with Gasteiger partial charge in [0.2, 0.25) is 5.75 Å². The summed E-state index contributed by atoms with van der Waals surface area (Å²) < 4.78 is 26.8. The Balaban J connectivity index is 1.80. The SMILES string of the molecule is COc1ccc(-c2ccc(CO)o2)cc1NC(=S)NC(=O)c1cc(OC)c(OC)c(OC)c1. The number of rotatable bonds is 8. The molecule has 1 amide bonds. The summed E-state index contributed by atoms with van der Waals surface area (Å²) in [5.74, 6) is 2.12. The monoisotopic (exact) mass is 472 g/mol. The Labute approximate surface area is 196 Å². The van der Waals surface area contributed by atoms with Crippen LogP contribution in [0.4, 0.5) is 5.69 Å². The lowest BCUT2D eigenvalue weighted by Crippen LogP contribution is -2.34. The summed E-state index contributed by atoms with van der Waals surface area (Å²) in [6.45, 7) is -0.196. The maximum Gasteiger partial charge on any atom is 0.257 e. The highest BCUT2D eigenvalue weighted by Crippen LogP contribution is 2.38. The van der Waals surface area contributed by atoms with Gasteiger partial charge in [-0.25, -0.2) is 0 Å². The van der Waals surface area contributed by atoms with E-state index in [2.05, 4.69) is 10.6 Å². The van der Waals surface area contributed by atoms with Crippen LogP contribution in [0, 0.1) is 0 Å². The van der Waals surface area contributed by atoms with E-state index >= 15 is 0 Å². The molecule has 0 atom stereocenters. The molecule has 9 nitrogen and oxygen atoms in total. The first-order valence-corrected chi connectivity index (χ1v) is 10.1. The van der Waals surface area contributed by atoms with Crippen molar-refractivity contribution in [1.29, 1.82) is 0 Å². The molecule has 0 aliphatic heterocycles. The zero-order valence-corrected chi connectivity index (χ0v) is 19.4. The van der Waals surface area contributed by atoms with Crippen molar-refractivity contribution in [2.45, 2.75) is 6.61 Å². The van der Waals surface area contributed by atoms with Crippen molar-refractivity contribution in [3.05, 3.63) is 53.8 Å². The molecule has 174 valence electrons. The molecular formula is C23H24N2O7S. The second kappa shape index (κ2) is 10.7.